The van der Waals surface area contributed by atoms with Crippen LogP contribution in [0.1, 0.15) is 19.8 Å². The summed E-state index contributed by atoms with van der Waals surface area (Å²) in [5, 5.41) is 12.0. The first kappa shape index (κ1) is 18.6. The molecule has 0 radical (unpaired) electrons. The summed E-state index contributed by atoms with van der Waals surface area (Å²) in [6, 6.07) is 5.84. The Balaban J connectivity index is 1.84. The summed E-state index contributed by atoms with van der Waals surface area (Å²) in [6.45, 7) is 3.03. The molecule has 2 N–H and O–H groups in total. The van der Waals surface area contributed by atoms with E-state index in [1.807, 2.05) is 0 Å². The Labute approximate surface area is 146 Å². The standard InChI is InChI=1S/C17H23N3O5/c1-3-25-17(24)20-10-8-12(9-11-20)18-15(22)16(23)19(2)13-4-6-14(21)7-5-13/h4-7,12,21H,3,8-11H2,1-2H3,(H,18,22). The Hall–Kier alpha value is -2.77. The number of hydrogen-bond donors (Lipinski definition) is 2. The molecule has 0 spiro atoms. The van der Waals surface area contributed by atoms with Gasteiger partial charge in [0.25, 0.3) is 0 Å². The molecule has 0 atom stereocenters. The predicted molar refractivity (Wildman–Crippen MR) is 91.3 cm³/mol. The average Bonchev–Trinajstić information content (AvgIpc) is 2.62. The lowest BCUT2D eigenvalue weighted by Crippen LogP contribution is -2.50. The highest BCUT2D eigenvalue weighted by molar-refractivity contribution is 6.40. The minimum absolute atomic E-state index is 0.0856. The zero-order chi connectivity index (χ0) is 18.4. The van der Waals surface area contributed by atoms with E-state index in [4.69, 9.17) is 4.74 Å². The second-order valence-corrected chi connectivity index (χ2v) is 5.81. The summed E-state index contributed by atoms with van der Waals surface area (Å²) >= 11 is 0. The number of carbonyl (C=O) groups is 3. The summed E-state index contributed by atoms with van der Waals surface area (Å²) in [5.74, 6) is -1.29. The van der Waals surface area contributed by atoms with Crippen LogP contribution in [0.4, 0.5) is 10.5 Å². The number of anilines is 1. The van der Waals surface area contributed by atoms with Crippen LogP contribution in [0.5, 0.6) is 5.75 Å². The van der Waals surface area contributed by atoms with Crippen molar-refractivity contribution in [1.29, 1.82) is 0 Å². The Morgan fingerprint density at radius 3 is 2.40 bits per heavy atom. The number of aromatic hydroxyl groups is 1. The molecular formula is C17H23N3O5. The van der Waals surface area contributed by atoms with Gasteiger partial charge in [-0.15, -0.1) is 0 Å². The highest BCUT2D eigenvalue weighted by Gasteiger charge is 2.27. The number of nitrogens with zero attached hydrogens (tertiary/aromatic N) is 2. The van der Waals surface area contributed by atoms with Gasteiger partial charge in [0.15, 0.2) is 0 Å². The molecule has 0 saturated carbocycles. The Kier molecular flexibility index (Phi) is 6.21. The van der Waals surface area contributed by atoms with E-state index < -0.39 is 11.8 Å². The zero-order valence-electron chi connectivity index (χ0n) is 14.4. The van der Waals surface area contributed by atoms with Crippen LogP contribution < -0.4 is 10.2 Å². The van der Waals surface area contributed by atoms with Crippen molar-refractivity contribution >= 4 is 23.6 Å². The summed E-state index contributed by atoms with van der Waals surface area (Å²) in [4.78, 5) is 38.8. The number of rotatable bonds is 3. The summed E-state index contributed by atoms with van der Waals surface area (Å²) < 4.78 is 4.95. The monoisotopic (exact) mass is 349 g/mol. The molecule has 2 rings (SSSR count). The summed E-state index contributed by atoms with van der Waals surface area (Å²) in [5.41, 5.74) is 0.509. The number of piperidine rings is 1. The SMILES string of the molecule is CCOC(=O)N1CCC(NC(=O)C(=O)N(C)c2ccc(O)cc2)CC1. The highest BCUT2D eigenvalue weighted by Crippen LogP contribution is 2.17. The van der Waals surface area contributed by atoms with Crippen LogP contribution in [0.2, 0.25) is 0 Å². The van der Waals surface area contributed by atoms with E-state index in [2.05, 4.69) is 5.32 Å². The van der Waals surface area contributed by atoms with Gasteiger partial charge in [0.1, 0.15) is 5.75 Å². The van der Waals surface area contributed by atoms with Gasteiger partial charge < -0.3 is 25.0 Å². The van der Waals surface area contributed by atoms with Gasteiger partial charge >= 0.3 is 17.9 Å². The topological polar surface area (TPSA) is 99.2 Å². The molecule has 1 aromatic carbocycles. The van der Waals surface area contributed by atoms with Gasteiger partial charge in [0, 0.05) is 31.9 Å². The van der Waals surface area contributed by atoms with Crippen molar-refractivity contribution in [2.24, 2.45) is 0 Å². The van der Waals surface area contributed by atoms with Crippen molar-refractivity contribution in [1.82, 2.24) is 10.2 Å². The fourth-order valence-electron chi connectivity index (χ4n) is 2.61. The van der Waals surface area contributed by atoms with Crippen molar-refractivity contribution in [3.63, 3.8) is 0 Å². The molecule has 136 valence electrons. The molecule has 1 saturated heterocycles. The Morgan fingerprint density at radius 1 is 1.24 bits per heavy atom. The lowest BCUT2D eigenvalue weighted by Gasteiger charge is -2.31. The van der Waals surface area contributed by atoms with Crippen LogP contribution >= 0.6 is 0 Å². The minimum atomic E-state index is -0.690. The number of likely N-dealkylation sites (tertiary alicyclic amines) is 1. The zero-order valence-corrected chi connectivity index (χ0v) is 14.4. The fourth-order valence-corrected chi connectivity index (χ4v) is 2.61. The van der Waals surface area contributed by atoms with Crippen LogP contribution in [-0.2, 0) is 14.3 Å². The molecule has 0 aliphatic carbocycles. The molecule has 1 aliphatic heterocycles. The third kappa shape index (κ3) is 4.85. The smallest absolute Gasteiger partial charge is 0.409 e. The lowest BCUT2D eigenvalue weighted by atomic mass is 10.1. The van der Waals surface area contributed by atoms with Crippen molar-refractivity contribution < 1.29 is 24.2 Å². The molecule has 1 fully saturated rings. The molecular weight excluding hydrogens is 326 g/mol. The largest absolute Gasteiger partial charge is 0.508 e. The van der Waals surface area contributed by atoms with E-state index in [1.165, 1.54) is 24.1 Å². The molecule has 0 aromatic heterocycles. The van der Waals surface area contributed by atoms with E-state index in [9.17, 15) is 19.5 Å². The fraction of sp³-hybridized carbons (Fsp3) is 0.471. The van der Waals surface area contributed by atoms with Crippen LogP contribution in [0, 0.1) is 0 Å². The first-order valence-corrected chi connectivity index (χ1v) is 8.21. The van der Waals surface area contributed by atoms with Crippen molar-refractivity contribution in [3.05, 3.63) is 24.3 Å². The number of nitrogens with one attached hydrogen (secondary N) is 1. The number of likely N-dealkylation sites (N-methyl/N-ethyl adjacent to an activating group) is 1. The summed E-state index contributed by atoms with van der Waals surface area (Å²) in [7, 11) is 1.50. The van der Waals surface area contributed by atoms with Gasteiger partial charge in [-0.2, -0.15) is 0 Å². The molecule has 0 unspecified atom stereocenters. The quantitative estimate of drug-likeness (QED) is 0.796. The van der Waals surface area contributed by atoms with E-state index in [0.29, 0.717) is 38.2 Å². The number of phenols is 1. The number of carbonyl (C=O) groups excluding carboxylic acids is 3. The number of ether oxygens (including phenoxy) is 1. The van der Waals surface area contributed by atoms with Crippen LogP contribution in [0.15, 0.2) is 24.3 Å². The first-order valence-electron chi connectivity index (χ1n) is 8.21. The van der Waals surface area contributed by atoms with Crippen molar-refractivity contribution in [3.8, 4) is 5.75 Å². The highest BCUT2D eigenvalue weighted by atomic mass is 16.6. The van der Waals surface area contributed by atoms with E-state index in [-0.39, 0.29) is 17.9 Å². The van der Waals surface area contributed by atoms with Gasteiger partial charge in [-0.1, -0.05) is 0 Å². The van der Waals surface area contributed by atoms with Crippen LogP contribution in [0.3, 0.4) is 0 Å². The average molecular weight is 349 g/mol. The first-order chi connectivity index (χ1) is 11.9. The van der Waals surface area contributed by atoms with Gasteiger partial charge in [0.05, 0.1) is 6.61 Å². The number of benzene rings is 1. The van der Waals surface area contributed by atoms with Gasteiger partial charge in [0.2, 0.25) is 0 Å². The normalized spacial score (nSPS) is 14.7. The second kappa shape index (κ2) is 8.36. The third-order valence-electron chi connectivity index (χ3n) is 4.09. The molecule has 1 heterocycles. The maximum Gasteiger partial charge on any atom is 0.409 e. The maximum absolute atomic E-state index is 12.2. The molecule has 25 heavy (non-hydrogen) atoms. The summed E-state index contributed by atoms with van der Waals surface area (Å²) in [6.07, 6.45) is 0.789. The second-order valence-electron chi connectivity index (χ2n) is 5.81. The number of amides is 3. The molecule has 8 heteroatoms. The van der Waals surface area contributed by atoms with Crippen molar-refractivity contribution in [2.45, 2.75) is 25.8 Å². The molecule has 0 bridgehead atoms. The predicted octanol–water partition coefficient (Wildman–Crippen LogP) is 1.09. The van der Waals surface area contributed by atoms with Crippen LogP contribution in [-0.4, -0.2) is 60.7 Å². The maximum atomic E-state index is 12.2. The molecule has 1 aliphatic rings. The Morgan fingerprint density at radius 2 is 1.84 bits per heavy atom. The van der Waals surface area contributed by atoms with Gasteiger partial charge in [-0.25, -0.2) is 4.79 Å². The molecule has 8 nitrogen and oxygen atoms in total. The van der Waals surface area contributed by atoms with E-state index >= 15 is 0 Å². The number of hydrogen-bond acceptors (Lipinski definition) is 5. The Bertz CT molecular complexity index is 624. The lowest BCUT2D eigenvalue weighted by molar-refractivity contribution is -0.138. The van der Waals surface area contributed by atoms with E-state index in [0.717, 1.165) is 0 Å². The van der Waals surface area contributed by atoms with Crippen molar-refractivity contribution in [2.75, 3.05) is 31.6 Å². The minimum Gasteiger partial charge on any atom is -0.508 e. The molecule has 1 aromatic rings. The van der Waals surface area contributed by atoms with Gasteiger partial charge in [-0.3, -0.25) is 9.59 Å². The van der Waals surface area contributed by atoms with Gasteiger partial charge in [-0.05, 0) is 44.0 Å². The molecule has 3 amide bonds. The number of phenolic OH excluding ortho intramolecular Hbond substituents is 1. The van der Waals surface area contributed by atoms with E-state index in [1.54, 1.807) is 24.0 Å². The van der Waals surface area contributed by atoms with Crippen LogP contribution in [0.25, 0.3) is 0 Å². The third-order valence-corrected chi connectivity index (χ3v) is 4.09.